The average molecular weight is 310 g/mol. The van der Waals surface area contributed by atoms with Crippen molar-refractivity contribution < 1.29 is 19.4 Å². The van der Waals surface area contributed by atoms with Crippen LogP contribution in [0.1, 0.15) is 30.9 Å². The van der Waals surface area contributed by atoms with Gasteiger partial charge in [0, 0.05) is 18.4 Å². The molecule has 0 amide bonds. The third-order valence-electron chi connectivity index (χ3n) is 4.21. The van der Waals surface area contributed by atoms with Crippen LogP contribution in [0.3, 0.4) is 0 Å². The van der Waals surface area contributed by atoms with Crippen molar-refractivity contribution in [2.75, 3.05) is 0 Å². The quantitative estimate of drug-likeness (QED) is 0.577. The van der Waals surface area contributed by atoms with E-state index in [0.29, 0.717) is 5.75 Å². The van der Waals surface area contributed by atoms with E-state index in [4.69, 9.17) is 9.84 Å². The molecule has 1 aliphatic carbocycles. The van der Waals surface area contributed by atoms with E-state index >= 15 is 0 Å². The van der Waals surface area contributed by atoms with Crippen LogP contribution < -0.4 is 4.74 Å². The van der Waals surface area contributed by atoms with Gasteiger partial charge in [-0.2, -0.15) is 0 Å². The monoisotopic (exact) mass is 310 g/mol. The zero-order valence-corrected chi connectivity index (χ0v) is 12.9. The van der Waals surface area contributed by atoms with E-state index in [1.54, 1.807) is 13.0 Å². The summed E-state index contributed by atoms with van der Waals surface area (Å²) in [6.07, 6.45) is 0.997. The second-order valence-corrected chi connectivity index (χ2v) is 5.87. The minimum absolute atomic E-state index is 0.0331. The first-order chi connectivity index (χ1) is 11.1. The van der Waals surface area contributed by atoms with Gasteiger partial charge in [-0.05, 0) is 29.2 Å². The fraction of sp³-hybridized carbons (Fsp3) is 0.263. The lowest BCUT2D eigenvalue weighted by molar-refractivity contribution is -0.140. The molecule has 1 atom stereocenters. The molecule has 1 unspecified atom stereocenters. The van der Waals surface area contributed by atoms with Crippen LogP contribution in [0.2, 0.25) is 0 Å². The Kier molecular flexibility index (Phi) is 4.15. The minimum Gasteiger partial charge on any atom is -0.481 e. The number of ether oxygens (including phenoxy) is 1. The van der Waals surface area contributed by atoms with E-state index in [-0.39, 0.29) is 18.8 Å². The fourth-order valence-electron chi connectivity index (χ4n) is 2.89. The highest BCUT2D eigenvalue weighted by Gasteiger charge is 2.24. The molecular formula is C19H18O4. The third kappa shape index (κ3) is 3.11. The molecule has 0 spiro atoms. The molecule has 0 fully saturated rings. The summed E-state index contributed by atoms with van der Waals surface area (Å²) in [7, 11) is 0. The van der Waals surface area contributed by atoms with Crippen molar-refractivity contribution in [1.82, 2.24) is 0 Å². The highest BCUT2D eigenvalue weighted by molar-refractivity contribution is 5.82. The lowest BCUT2D eigenvalue weighted by Crippen LogP contribution is -2.19. The van der Waals surface area contributed by atoms with Gasteiger partial charge >= 0.3 is 11.9 Å². The second-order valence-electron chi connectivity index (χ2n) is 5.87. The maximum Gasteiger partial charge on any atom is 0.314 e. The van der Waals surface area contributed by atoms with Crippen molar-refractivity contribution in [2.45, 2.75) is 26.2 Å². The number of esters is 1. The molecular weight excluding hydrogens is 292 g/mol. The Labute approximate surface area is 134 Å². The van der Waals surface area contributed by atoms with Gasteiger partial charge in [0.15, 0.2) is 0 Å². The molecule has 0 aromatic heterocycles. The Bertz CT molecular complexity index is 764. The molecule has 118 valence electrons. The second kappa shape index (κ2) is 6.24. The summed E-state index contributed by atoms with van der Waals surface area (Å²) in [4.78, 5) is 22.8. The average Bonchev–Trinajstić information content (AvgIpc) is 2.92. The van der Waals surface area contributed by atoms with Crippen LogP contribution >= 0.6 is 0 Å². The molecule has 4 heteroatoms. The lowest BCUT2D eigenvalue weighted by atomic mass is 10.0. The number of carbonyl (C=O) groups is 2. The van der Waals surface area contributed by atoms with E-state index in [9.17, 15) is 9.59 Å². The highest BCUT2D eigenvalue weighted by Crippen LogP contribution is 2.41. The lowest BCUT2D eigenvalue weighted by Gasteiger charge is -2.13. The van der Waals surface area contributed by atoms with Crippen LogP contribution in [0.15, 0.2) is 42.5 Å². The predicted molar refractivity (Wildman–Crippen MR) is 86.4 cm³/mol. The number of carbonyl (C=O) groups excluding carboxylic acids is 1. The van der Waals surface area contributed by atoms with E-state index in [2.05, 4.69) is 12.1 Å². The molecule has 0 saturated carbocycles. The van der Waals surface area contributed by atoms with Crippen LogP contribution in [0.5, 0.6) is 5.75 Å². The number of hydrogen-bond acceptors (Lipinski definition) is 3. The Morgan fingerprint density at radius 2 is 1.87 bits per heavy atom. The molecule has 2 aromatic rings. The van der Waals surface area contributed by atoms with Gasteiger partial charge in [-0.1, -0.05) is 43.3 Å². The summed E-state index contributed by atoms with van der Waals surface area (Å²) < 4.78 is 5.55. The van der Waals surface area contributed by atoms with Crippen LogP contribution in [-0.2, 0) is 16.0 Å². The largest absolute Gasteiger partial charge is 0.481 e. The Morgan fingerprint density at radius 1 is 1.13 bits per heavy atom. The van der Waals surface area contributed by atoms with Crippen molar-refractivity contribution >= 4 is 11.9 Å². The Morgan fingerprint density at radius 3 is 2.65 bits per heavy atom. The van der Waals surface area contributed by atoms with Gasteiger partial charge in [0.05, 0.1) is 5.92 Å². The highest BCUT2D eigenvalue weighted by atomic mass is 16.5. The van der Waals surface area contributed by atoms with Crippen LogP contribution in [0.4, 0.5) is 0 Å². The Hall–Kier alpha value is -2.62. The molecule has 1 N–H and O–H groups in total. The standard InChI is InChI=1S/C19H18O4/c1-12(9-10-18(20)21)19(22)23-17-8-4-7-15-14-6-3-2-5-13(14)11-16(15)17/h2-8,12H,9-11H2,1H3,(H,20,21). The fourth-order valence-corrected chi connectivity index (χ4v) is 2.89. The van der Waals surface area contributed by atoms with Crippen molar-refractivity contribution in [2.24, 2.45) is 5.92 Å². The van der Waals surface area contributed by atoms with E-state index in [1.165, 1.54) is 11.1 Å². The molecule has 2 aromatic carbocycles. The Balaban J connectivity index is 1.78. The molecule has 4 nitrogen and oxygen atoms in total. The third-order valence-corrected chi connectivity index (χ3v) is 4.21. The van der Waals surface area contributed by atoms with Gasteiger partial charge in [0.2, 0.25) is 0 Å². The van der Waals surface area contributed by atoms with E-state index in [0.717, 1.165) is 17.5 Å². The number of benzene rings is 2. The van der Waals surface area contributed by atoms with Gasteiger partial charge in [0.1, 0.15) is 5.75 Å². The van der Waals surface area contributed by atoms with Gasteiger partial charge < -0.3 is 9.84 Å². The van der Waals surface area contributed by atoms with Crippen molar-refractivity contribution in [1.29, 1.82) is 0 Å². The van der Waals surface area contributed by atoms with Crippen molar-refractivity contribution in [3.8, 4) is 16.9 Å². The summed E-state index contributed by atoms with van der Waals surface area (Å²) in [5.41, 5.74) is 4.53. The normalized spacial score (nSPS) is 13.1. The maximum absolute atomic E-state index is 12.2. The van der Waals surface area contributed by atoms with Gasteiger partial charge in [-0.15, -0.1) is 0 Å². The zero-order valence-electron chi connectivity index (χ0n) is 12.9. The number of carboxylic acids is 1. The van der Waals surface area contributed by atoms with Gasteiger partial charge in [-0.3, -0.25) is 9.59 Å². The van der Waals surface area contributed by atoms with E-state index in [1.807, 2.05) is 24.3 Å². The SMILES string of the molecule is CC(CCC(=O)O)C(=O)Oc1cccc2c1Cc1ccccc1-2. The van der Waals surface area contributed by atoms with Crippen LogP contribution in [0, 0.1) is 5.92 Å². The summed E-state index contributed by atoms with van der Waals surface area (Å²) in [5.74, 6) is -1.15. The summed E-state index contributed by atoms with van der Waals surface area (Å²) >= 11 is 0. The molecule has 1 aliphatic rings. The first-order valence-electron chi connectivity index (χ1n) is 7.70. The first-order valence-corrected chi connectivity index (χ1v) is 7.70. The minimum atomic E-state index is -0.902. The molecule has 0 bridgehead atoms. The molecule has 0 aliphatic heterocycles. The van der Waals surface area contributed by atoms with Gasteiger partial charge in [-0.25, -0.2) is 0 Å². The number of carboxylic acid groups (broad SMARTS) is 1. The van der Waals surface area contributed by atoms with Crippen molar-refractivity contribution in [3.63, 3.8) is 0 Å². The summed E-state index contributed by atoms with van der Waals surface area (Å²) in [6.45, 7) is 1.70. The van der Waals surface area contributed by atoms with Crippen LogP contribution in [-0.4, -0.2) is 17.0 Å². The van der Waals surface area contributed by atoms with Crippen LogP contribution in [0.25, 0.3) is 11.1 Å². The molecule has 3 rings (SSSR count). The molecule has 0 saturated heterocycles. The number of hydrogen-bond donors (Lipinski definition) is 1. The summed E-state index contributed by atoms with van der Waals surface area (Å²) in [5, 5.41) is 8.71. The van der Waals surface area contributed by atoms with Gasteiger partial charge in [0.25, 0.3) is 0 Å². The number of fused-ring (bicyclic) bond motifs is 3. The number of rotatable bonds is 5. The first kappa shape index (κ1) is 15.3. The molecule has 0 radical (unpaired) electrons. The smallest absolute Gasteiger partial charge is 0.314 e. The topological polar surface area (TPSA) is 63.6 Å². The number of aliphatic carboxylic acids is 1. The summed E-state index contributed by atoms with van der Waals surface area (Å²) in [6, 6.07) is 13.9. The predicted octanol–water partition coefficient (Wildman–Crippen LogP) is 3.66. The zero-order chi connectivity index (χ0) is 16.4. The van der Waals surface area contributed by atoms with E-state index < -0.39 is 11.9 Å². The maximum atomic E-state index is 12.2. The molecule has 0 heterocycles. The molecule has 23 heavy (non-hydrogen) atoms. The van der Waals surface area contributed by atoms with Crippen molar-refractivity contribution in [3.05, 3.63) is 53.6 Å².